The van der Waals surface area contributed by atoms with E-state index in [0.29, 0.717) is 6.04 Å². The molecule has 1 unspecified atom stereocenters. The van der Waals surface area contributed by atoms with Crippen LogP contribution in [0.2, 0.25) is 0 Å². The van der Waals surface area contributed by atoms with Gasteiger partial charge >= 0.3 is 0 Å². The summed E-state index contributed by atoms with van der Waals surface area (Å²) in [5, 5.41) is 4.32. The first kappa shape index (κ1) is 13.6. The van der Waals surface area contributed by atoms with Crippen LogP contribution in [0.15, 0.2) is 6.20 Å². The van der Waals surface area contributed by atoms with E-state index in [1.54, 1.807) is 0 Å². The number of hydrogen-bond donors (Lipinski definition) is 0. The molecule has 1 aromatic heterocycles. The van der Waals surface area contributed by atoms with Crippen LogP contribution in [0, 0.1) is 0 Å². The van der Waals surface area contributed by atoms with Crippen molar-refractivity contribution in [3.8, 4) is 0 Å². The second-order valence-electron chi connectivity index (χ2n) is 5.70. The Morgan fingerprint density at radius 1 is 1.22 bits per heavy atom. The van der Waals surface area contributed by atoms with Crippen molar-refractivity contribution < 1.29 is 0 Å². The zero-order valence-electron chi connectivity index (χ0n) is 12.2. The standard InChI is InChI=1S/C15H27N3/c1-4-5-6-7-8-9-13(2)18-11-14-10-16-17(3)15(14)12-18/h10,13H,4-9,11-12H2,1-3H3. The summed E-state index contributed by atoms with van der Waals surface area (Å²) < 4.78 is 2.03. The van der Waals surface area contributed by atoms with Gasteiger partial charge in [0.25, 0.3) is 0 Å². The van der Waals surface area contributed by atoms with Crippen LogP contribution >= 0.6 is 0 Å². The smallest absolute Gasteiger partial charge is 0.0566 e. The molecular weight excluding hydrogens is 222 g/mol. The third-order valence-corrected chi connectivity index (χ3v) is 4.22. The van der Waals surface area contributed by atoms with Crippen LogP contribution in [0.5, 0.6) is 0 Å². The number of nitrogens with zero attached hydrogens (tertiary/aromatic N) is 3. The quantitative estimate of drug-likeness (QED) is 0.690. The number of rotatable bonds is 7. The summed E-state index contributed by atoms with van der Waals surface area (Å²) >= 11 is 0. The first-order chi connectivity index (χ1) is 8.72. The Kier molecular flexibility index (Phi) is 4.81. The molecule has 0 fully saturated rings. The van der Waals surface area contributed by atoms with Crippen LogP contribution in [0.25, 0.3) is 0 Å². The topological polar surface area (TPSA) is 21.1 Å². The molecular formula is C15H27N3. The maximum atomic E-state index is 4.32. The largest absolute Gasteiger partial charge is 0.290 e. The molecule has 0 spiro atoms. The Labute approximate surface area is 111 Å². The first-order valence-electron chi connectivity index (χ1n) is 7.46. The molecule has 2 rings (SSSR count). The van der Waals surface area contributed by atoms with Gasteiger partial charge in [-0.05, 0) is 13.3 Å². The lowest BCUT2D eigenvalue weighted by Gasteiger charge is -2.23. The molecule has 0 bridgehead atoms. The minimum Gasteiger partial charge on any atom is -0.290 e. The summed E-state index contributed by atoms with van der Waals surface area (Å²) in [5.41, 5.74) is 2.84. The highest BCUT2D eigenvalue weighted by molar-refractivity contribution is 5.22. The fourth-order valence-electron chi connectivity index (χ4n) is 2.85. The van der Waals surface area contributed by atoms with Crippen LogP contribution in [-0.4, -0.2) is 20.7 Å². The lowest BCUT2D eigenvalue weighted by atomic mass is 10.1. The Morgan fingerprint density at radius 3 is 2.72 bits per heavy atom. The Balaban J connectivity index is 1.70. The summed E-state index contributed by atoms with van der Waals surface area (Å²) in [5.74, 6) is 0. The van der Waals surface area contributed by atoms with Gasteiger partial charge in [0.1, 0.15) is 0 Å². The van der Waals surface area contributed by atoms with Gasteiger partial charge in [0, 0.05) is 31.7 Å². The molecule has 1 aliphatic heterocycles. The Morgan fingerprint density at radius 2 is 2.00 bits per heavy atom. The van der Waals surface area contributed by atoms with E-state index in [2.05, 4.69) is 30.9 Å². The van der Waals surface area contributed by atoms with Crippen LogP contribution in [0.1, 0.15) is 63.6 Å². The number of aryl methyl sites for hydroxylation is 1. The van der Waals surface area contributed by atoms with Crippen molar-refractivity contribution in [3.05, 3.63) is 17.5 Å². The van der Waals surface area contributed by atoms with Crippen molar-refractivity contribution in [2.75, 3.05) is 0 Å². The molecule has 0 radical (unpaired) electrons. The van der Waals surface area contributed by atoms with Crippen molar-refractivity contribution in [3.63, 3.8) is 0 Å². The maximum absolute atomic E-state index is 4.32. The molecule has 1 atom stereocenters. The Hall–Kier alpha value is -0.830. The minimum atomic E-state index is 0.707. The summed E-state index contributed by atoms with van der Waals surface area (Å²) in [4.78, 5) is 2.59. The molecule has 102 valence electrons. The molecule has 2 heterocycles. The predicted octanol–water partition coefficient (Wildman–Crippen LogP) is 3.48. The number of hydrogen-bond acceptors (Lipinski definition) is 2. The second-order valence-corrected chi connectivity index (χ2v) is 5.70. The van der Waals surface area contributed by atoms with E-state index in [9.17, 15) is 0 Å². The van der Waals surface area contributed by atoms with Gasteiger partial charge in [0.15, 0.2) is 0 Å². The van der Waals surface area contributed by atoms with Gasteiger partial charge in [0.2, 0.25) is 0 Å². The SMILES string of the molecule is CCCCCCCC(C)N1Cc2cnn(C)c2C1. The zero-order valence-corrected chi connectivity index (χ0v) is 12.2. The lowest BCUT2D eigenvalue weighted by Crippen LogP contribution is -2.28. The average Bonchev–Trinajstić information content (AvgIpc) is 2.92. The van der Waals surface area contributed by atoms with Crippen molar-refractivity contribution in [2.24, 2.45) is 7.05 Å². The molecule has 1 aliphatic rings. The van der Waals surface area contributed by atoms with Crippen molar-refractivity contribution >= 4 is 0 Å². The van der Waals surface area contributed by atoms with Gasteiger partial charge in [-0.2, -0.15) is 5.10 Å². The number of unbranched alkanes of at least 4 members (excludes halogenated alkanes) is 4. The van der Waals surface area contributed by atoms with Crippen LogP contribution in [-0.2, 0) is 20.1 Å². The maximum Gasteiger partial charge on any atom is 0.0566 e. The molecule has 3 heteroatoms. The predicted molar refractivity (Wildman–Crippen MR) is 75.3 cm³/mol. The molecule has 0 aliphatic carbocycles. The molecule has 1 aromatic rings. The van der Waals surface area contributed by atoms with E-state index in [4.69, 9.17) is 0 Å². The molecule has 0 saturated heterocycles. The van der Waals surface area contributed by atoms with Crippen molar-refractivity contribution in [1.29, 1.82) is 0 Å². The monoisotopic (exact) mass is 249 g/mol. The lowest BCUT2D eigenvalue weighted by molar-refractivity contribution is 0.195. The van der Waals surface area contributed by atoms with E-state index >= 15 is 0 Å². The highest BCUT2D eigenvalue weighted by atomic mass is 15.3. The van der Waals surface area contributed by atoms with Crippen LogP contribution in [0.4, 0.5) is 0 Å². The Bertz CT molecular complexity index is 370. The summed E-state index contributed by atoms with van der Waals surface area (Å²) in [6, 6.07) is 0.707. The molecule has 0 amide bonds. The van der Waals surface area contributed by atoms with Gasteiger partial charge in [-0.3, -0.25) is 9.58 Å². The van der Waals surface area contributed by atoms with E-state index in [1.165, 1.54) is 49.8 Å². The molecule has 0 aromatic carbocycles. The zero-order chi connectivity index (χ0) is 13.0. The molecule has 3 nitrogen and oxygen atoms in total. The summed E-state index contributed by atoms with van der Waals surface area (Å²) in [6.07, 6.45) is 10.3. The minimum absolute atomic E-state index is 0.707. The second kappa shape index (κ2) is 6.37. The van der Waals surface area contributed by atoms with Gasteiger partial charge in [-0.1, -0.05) is 39.0 Å². The number of aromatic nitrogens is 2. The molecule has 0 saturated carbocycles. The van der Waals surface area contributed by atoms with Gasteiger partial charge in [-0.15, -0.1) is 0 Å². The fraction of sp³-hybridized carbons (Fsp3) is 0.800. The van der Waals surface area contributed by atoms with Crippen LogP contribution < -0.4 is 0 Å². The van der Waals surface area contributed by atoms with Crippen LogP contribution in [0.3, 0.4) is 0 Å². The van der Waals surface area contributed by atoms with E-state index < -0.39 is 0 Å². The van der Waals surface area contributed by atoms with Gasteiger partial charge in [0.05, 0.1) is 11.9 Å². The third kappa shape index (κ3) is 3.14. The van der Waals surface area contributed by atoms with Gasteiger partial charge < -0.3 is 0 Å². The fourth-order valence-corrected chi connectivity index (χ4v) is 2.85. The van der Waals surface area contributed by atoms with Crippen molar-refractivity contribution in [2.45, 2.75) is 71.5 Å². The van der Waals surface area contributed by atoms with E-state index in [1.807, 2.05) is 10.9 Å². The molecule has 18 heavy (non-hydrogen) atoms. The highest BCUT2D eigenvalue weighted by Gasteiger charge is 2.25. The summed E-state index contributed by atoms with van der Waals surface area (Å²) in [6.45, 7) is 6.83. The normalized spacial score (nSPS) is 17.1. The average molecular weight is 249 g/mol. The number of fused-ring (bicyclic) bond motifs is 1. The highest BCUT2D eigenvalue weighted by Crippen LogP contribution is 2.25. The summed E-state index contributed by atoms with van der Waals surface area (Å²) in [7, 11) is 2.05. The van der Waals surface area contributed by atoms with E-state index in [-0.39, 0.29) is 0 Å². The van der Waals surface area contributed by atoms with Gasteiger partial charge in [-0.25, -0.2) is 0 Å². The van der Waals surface area contributed by atoms with Crippen molar-refractivity contribution in [1.82, 2.24) is 14.7 Å². The first-order valence-corrected chi connectivity index (χ1v) is 7.46. The third-order valence-electron chi connectivity index (χ3n) is 4.22. The van der Waals surface area contributed by atoms with E-state index in [0.717, 1.165) is 13.1 Å². The molecule has 0 N–H and O–H groups in total.